The van der Waals surface area contributed by atoms with E-state index in [-0.39, 0.29) is 11.6 Å². The summed E-state index contributed by atoms with van der Waals surface area (Å²) in [5, 5.41) is 5.96. The smallest absolute Gasteiger partial charge is 0.274 e. The highest BCUT2D eigenvalue weighted by molar-refractivity contribution is 6.03. The molecule has 2 heterocycles. The molecule has 29 heavy (non-hydrogen) atoms. The number of hydrogen-bond donors (Lipinski definition) is 2. The predicted octanol–water partition coefficient (Wildman–Crippen LogP) is 3.64. The molecule has 3 aromatic rings. The van der Waals surface area contributed by atoms with Crippen molar-refractivity contribution in [3.8, 4) is 17.2 Å². The second-order valence-corrected chi connectivity index (χ2v) is 6.18. The zero-order valence-electron chi connectivity index (χ0n) is 15.8. The molecule has 0 unspecified atom stereocenters. The summed E-state index contributed by atoms with van der Waals surface area (Å²) in [4.78, 5) is 20.8. The van der Waals surface area contributed by atoms with Gasteiger partial charge in [-0.3, -0.25) is 4.79 Å². The van der Waals surface area contributed by atoms with Crippen LogP contribution in [0, 0.1) is 0 Å². The lowest BCUT2D eigenvalue weighted by molar-refractivity contribution is 0.102. The molecule has 0 radical (unpaired) electrons. The van der Waals surface area contributed by atoms with Gasteiger partial charge >= 0.3 is 0 Å². The van der Waals surface area contributed by atoms with Crippen LogP contribution < -0.4 is 24.8 Å². The van der Waals surface area contributed by atoms with Crippen LogP contribution in [0.5, 0.6) is 17.2 Å². The summed E-state index contributed by atoms with van der Waals surface area (Å²) >= 11 is 0. The Bertz CT molecular complexity index is 1010. The van der Waals surface area contributed by atoms with E-state index in [9.17, 15) is 4.79 Å². The number of rotatable bonds is 6. The van der Waals surface area contributed by atoms with Crippen LogP contribution in [0.25, 0.3) is 0 Å². The summed E-state index contributed by atoms with van der Waals surface area (Å²) in [6, 6.07) is 14.3. The molecule has 0 saturated heterocycles. The van der Waals surface area contributed by atoms with E-state index >= 15 is 0 Å². The lowest BCUT2D eigenvalue weighted by atomic mass is 10.2. The van der Waals surface area contributed by atoms with Crippen LogP contribution >= 0.6 is 0 Å². The highest BCUT2D eigenvalue weighted by Gasteiger charge is 2.13. The van der Waals surface area contributed by atoms with Crippen molar-refractivity contribution in [2.75, 3.05) is 30.5 Å². The lowest BCUT2D eigenvalue weighted by Gasteiger charge is -2.19. The van der Waals surface area contributed by atoms with E-state index in [0.29, 0.717) is 42.8 Å². The first-order valence-electron chi connectivity index (χ1n) is 9.24. The van der Waals surface area contributed by atoms with E-state index in [4.69, 9.17) is 14.2 Å². The van der Waals surface area contributed by atoms with E-state index in [0.717, 1.165) is 11.4 Å². The molecular formula is C21H20N4O4. The standard InChI is InChI=1S/C21H20N4O4/c1-2-27-16-6-3-14(4-7-16)25-21(26)17-12-20(23-13-22-17)24-15-5-8-18-19(11-15)29-10-9-28-18/h3-8,11-13H,2,9-10H2,1H3,(H,25,26)(H,22,23,24). The molecule has 148 valence electrons. The molecule has 1 aliphatic rings. The first-order valence-corrected chi connectivity index (χ1v) is 9.24. The van der Waals surface area contributed by atoms with Crippen molar-refractivity contribution in [2.24, 2.45) is 0 Å². The lowest BCUT2D eigenvalue weighted by Crippen LogP contribution is -2.15. The molecule has 0 fully saturated rings. The third-order valence-corrected chi connectivity index (χ3v) is 4.14. The zero-order chi connectivity index (χ0) is 20.1. The Morgan fingerprint density at radius 1 is 1.00 bits per heavy atom. The van der Waals surface area contributed by atoms with E-state index in [1.54, 1.807) is 30.3 Å². The fourth-order valence-electron chi connectivity index (χ4n) is 2.82. The number of anilines is 3. The third-order valence-electron chi connectivity index (χ3n) is 4.14. The number of fused-ring (bicyclic) bond motifs is 1. The molecule has 0 aliphatic carbocycles. The average molecular weight is 392 g/mol. The Kier molecular flexibility index (Phi) is 5.42. The topological polar surface area (TPSA) is 94.6 Å². The zero-order valence-corrected chi connectivity index (χ0v) is 15.8. The maximum absolute atomic E-state index is 12.5. The summed E-state index contributed by atoms with van der Waals surface area (Å²) in [5.41, 5.74) is 1.66. The van der Waals surface area contributed by atoms with Gasteiger partial charge < -0.3 is 24.8 Å². The number of ether oxygens (including phenoxy) is 3. The summed E-state index contributed by atoms with van der Waals surface area (Å²) in [6.45, 7) is 3.56. The minimum atomic E-state index is -0.332. The highest BCUT2D eigenvalue weighted by atomic mass is 16.6. The van der Waals surface area contributed by atoms with Gasteiger partial charge in [0.05, 0.1) is 6.61 Å². The van der Waals surface area contributed by atoms with Crippen molar-refractivity contribution in [2.45, 2.75) is 6.92 Å². The Balaban J connectivity index is 1.44. The number of nitrogens with zero attached hydrogens (tertiary/aromatic N) is 2. The second-order valence-electron chi connectivity index (χ2n) is 6.18. The van der Waals surface area contributed by atoms with Crippen molar-refractivity contribution in [1.82, 2.24) is 9.97 Å². The Morgan fingerprint density at radius 2 is 1.76 bits per heavy atom. The number of nitrogens with one attached hydrogen (secondary N) is 2. The fourth-order valence-corrected chi connectivity index (χ4v) is 2.82. The second kappa shape index (κ2) is 8.47. The van der Waals surface area contributed by atoms with Gasteiger partial charge in [-0.1, -0.05) is 0 Å². The highest BCUT2D eigenvalue weighted by Crippen LogP contribution is 2.33. The molecule has 8 nitrogen and oxygen atoms in total. The van der Waals surface area contributed by atoms with Gasteiger partial charge in [-0.05, 0) is 43.3 Å². The minimum Gasteiger partial charge on any atom is -0.494 e. The van der Waals surface area contributed by atoms with Crippen molar-refractivity contribution >= 4 is 23.1 Å². The van der Waals surface area contributed by atoms with Crippen LogP contribution in [-0.4, -0.2) is 35.7 Å². The van der Waals surface area contributed by atoms with Gasteiger partial charge in [0.1, 0.15) is 36.8 Å². The Labute approximate surface area is 167 Å². The molecule has 0 atom stereocenters. The number of carbonyl (C=O) groups is 1. The van der Waals surface area contributed by atoms with E-state index < -0.39 is 0 Å². The maximum atomic E-state index is 12.5. The molecule has 0 saturated carbocycles. The molecule has 8 heteroatoms. The van der Waals surface area contributed by atoms with Gasteiger partial charge in [-0.25, -0.2) is 9.97 Å². The van der Waals surface area contributed by atoms with Crippen LogP contribution in [0.2, 0.25) is 0 Å². The minimum absolute atomic E-state index is 0.244. The number of carbonyl (C=O) groups excluding carboxylic acids is 1. The van der Waals surface area contributed by atoms with E-state index in [2.05, 4.69) is 20.6 Å². The SMILES string of the molecule is CCOc1ccc(NC(=O)c2cc(Nc3ccc4c(c3)OCCO4)ncn2)cc1. The van der Waals surface area contributed by atoms with E-state index in [1.807, 2.05) is 25.1 Å². The van der Waals surface area contributed by atoms with Crippen LogP contribution in [0.3, 0.4) is 0 Å². The molecular weight excluding hydrogens is 372 g/mol. The monoisotopic (exact) mass is 392 g/mol. The summed E-state index contributed by atoms with van der Waals surface area (Å²) in [6.07, 6.45) is 1.34. The third kappa shape index (κ3) is 4.55. The predicted molar refractivity (Wildman–Crippen MR) is 108 cm³/mol. The van der Waals surface area contributed by atoms with Crippen LogP contribution in [0.1, 0.15) is 17.4 Å². The van der Waals surface area contributed by atoms with Crippen molar-refractivity contribution in [3.05, 3.63) is 60.6 Å². The van der Waals surface area contributed by atoms with Gasteiger partial charge in [0.25, 0.3) is 5.91 Å². The van der Waals surface area contributed by atoms with Gasteiger partial charge in [-0.15, -0.1) is 0 Å². The van der Waals surface area contributed by atoms with Gasteiger partial charge in [-0.2, -0.15) is 0 Å². The Hall–Kier alpha value is -3.81. The number of benzene rings is 2. The number of amides is 1. The molecule has 2 N–H and O–H groups in total. The van der Waals surface area contributed by atoms with Gasteiger partial charge in [0, 0.05) is 23.5 Å². The van der Waals surface area contributed by atoms with Crippen molar-refractivity contribution in [3.63, 3.8) is 0 Å². The molecule has 1 aromatic heterocycles. The first-order chi connectivity index (χ1) is 14.2. The largest absolute Gasteiger partial charge is 0.494 e. The molecule has 4 rings (SSSR count). The van der Waals surface area contributed by atoms with Crippen molar-refractivity contribution < 1.29 is 19.0 Å². The quantitative estimate of drug-likeness (QED) is 0.661. The van der Waals surface area contributed by atoms with Gasteiger partial charge in [0.15, 0.2) is 11.5 Å². The normalized spacial score (nSPS) is 12.2. The Morgan fingerprint density at radius 3 is 2.55 bits per heavy atom. The summed E-state index contributed by atoms with van der Waals surface area (Å²) < 4.78 is 16.5. The fraction of sp³-hybridized carbons (Fsp3) is 0.190. The van der Waals surface area contributed by atoms with Crippen LogP contribution in [-0.2, 0) is 0 Å². The molecule has 0 bridgehead atoms. The number of aromatic nitrogens is 2. The van der Waals surface area contributed by atoms with Crippen LogP contribution in [0.15, 0.2) is 54.9 Å². The average Bonchev–Trinajstić information content (AvgIpc) is 2.75. The summed E-state index contributed by atoms with van der Waals surface area (Å²) in [7, 11) is 0. The van der Waals surface area contributed by atoms with Crippen molar-refractivity contribution in [1.29, 1.82) is 0 Å². The number of hydrogen-bond acceptors (Lipinski definition) is 7. The van der Waals surface area contributed by atoms with Gasteiger partial charge in [0.2, 0.25) is 0 Å². The maximum Gasteiger partial charge on any atom is 0.274 e. The molecule has 2 aromatic carbocycles. The first kappa shape index (κ1) is 18.5. The van der Waals surface area contributed by atoms with Crippen LogP contribution in [0.4, 0.5) is 17.2 Å². The summed E-state index contributed by atoms with van der Waals surface area (Å²) in [5.74, 6) is 2.29. The molecule has 1 aliphatic heterocycles. The molecule has 1 amide bonds. The van der Waals surface area contributed by atoms with E-state index in [1.165, 1.54) is 6.33 Å². The molecule has 0 spiro atoms.